The number of nitrogens with zero attached hydrogens (tertiary/aromatic N) is 1. The first kappa shape index (κ1) is 12.5. The summed E-state index contributed by atoms with van der Waals surface area (Å²) in [4.78, 5) is 13.6. The fourth-order valence-corrected chi connectivity index (χ4v) is 2.19. The lowest BCUT2D eigenvalue weighted by atomic mass is 9.85. The summed E-state index contributed by atoms with van der Waals surface area (Å²) in [7, 11) is 0. The first-order valence-corrected chi connectivity index (χ1v) is 6.18. The second-order valence-corrected chi connectivity index (χ2v) is 5.36. The van der Waals surface area contributed by atoms with E-state index in [0.29, 0.717) is 18.5 Å². The van der Waals surface area contributed by atoms with Crippen molar-refractivity contribution in [2.75, 3.05) is 6.54 Å². The van der Waals surface area contributed by atoms with Crippen molar-refractivity contribution < 1.29 is 15.0 Å². The van der Waals surface area contributed by atoms with Crippen molar-refractivity contribution in [2.45, 2.75) is 25.2 Å². The molecule has 1 aliphatic rings. The van der Waals surface area contributed by atoms with Crippen molar-refractivity contribution in [3.05, 3.63) is 34.3 Å². The molecule has 0 radical (unpaired) electrons. The van der Waals surface area contributed by atoms with Gasteiger partial charge in [-0.2, -0.15) is 0 Å². The summed E-state index contributed by atoms with van der Waals surface area (Å²) in [5, 5.41) is 18.6. The SMILES string of the molecule is C[C@]1(C(O)O)CCN1C(=O)c1ccc(Br)cc1. The first-order valence-electron chi connectivity index (χ1n) is 5.39. The van der Waals surface area contributed by atoms with Crippen LogP contribution in [0.25, 0.3) is 0 Å². The van der Waals surface area contributed by atoms with Crippen molar-refractivity contribution in [2.24, 2.45) is 0 Å². The molecule has 1 aliphatic heterocycles. The van der Waals surface area contributed by atoms with Gasteiger partial charge in [-0.25, -0.2) is 0 Å². The standard InChI is InChI=1S/C12H14BrNO3/c1-12(11(16)17)6-7-14(12)10(15)8-2-4-9(13)5-3-8/h2-5,11,16-17H,6-7H2,1H3/t12-/m1/s1. The molecule has 0 unspecified atom stereocenters. The Kier molecular flexibility index (Phi) is 3.25. The predicted molar refractivity (Wildman–Crippen MR) is 66.4 cm³/mol. The third kappa shape index (κ3) is 2.10. The maximum Gasteiger partial charge on any atom is 0.254 e. The normalized spacial score (nSPS) is 23.7. The lowest BCUT2D eigenvalue weighted by Gasteiger charge is -2.51. The molecular weight excluding hydrogens is 286 g/mol. The zero-order valence-corrected chi connectivity index (χ0v) is 11.0. The Morgan fingerprint density at radius 1 is 1.41 bits per heavy atom. The van der Waals surface area contributed by atoms with Gasteiger partial charge in [0, 0.05) is 16.6 Å². The molecule has 0 aliphatic carbocycles. The van der Waals surface area contributed by atoms with E-state index in [1.165, 1.54) is 4.90 Å². The number of carbonyl (C=O) groups is 1. The Labute approximate surface area is 108 Å². The van der Waals surface area contributed by atoms with E-state index in [0.717, 1.165) is 4.47 Å². The van der Waals surface area contributed by atoms with Crippen LogP contribution in [0.2, 0.25) is 0 Å². The van der Waals surface area contributed by atoms with Crippen LogP contribution in [0.4, 0.5) is 0 Å². The van der Waals surface area contributed by atoms with Gasteiger partial charge in [0.05, 0.1) is 5.54 Å². The summed E-state index contributed by atoms with van der Waals surface area (Å²) in [6, 6.07) is 7.02. The molecule has 5 heteroatoms. The number of carbonyl (C=O) groups excluding carboxylic acids is 1. The average molecular weight is 300 g/mol. The van der Waals surface area contributed by atoms with E-state index < -0.39 is 11.8 Å². The highest BCUT2D eigenvalue weighted by Crippen LogP contribution is 2.34. The molecule has 0 saturated carbocycles. The van der Waals surface area contributed by atoms with E-state index in [9.17, 15) is 15.0 Å². The third-order valence-corrected chi connectivity index (χ3v) is 3.88. The lowest BCUT2D eigenvalue weighted by Crippen LogP contribution is -2.66. The third-order valence-electron chi connectivity index (χ3n) is 3.35. The Morgan fingerprint density at radius 3 is 2.41 bits per heavy atom. The maximum absolute atomic E-state index is 12.1. The molecule has 1 amide bonds. The predicted octanol–water partition coefficient (Wildman–Crippen LogP) is 1.36. The van der Waals surface area contributed by atoms with Crippen molar-refractivity contribution >= 4 is 21.8 Å². The second-order valence-electron chi connectivity index (χ2n) is 4.44. The van der Waals surface area contributed by atoms with Gasteiger partial charge in [0.25, 0.3) is 5.91 Å². The van der Waals surface area contributed by atoms with Crippen LogP contribution >= 0.6 is 15.9 Å². The van der Waals surface area contributed by atoms with Crippen LogP contribution in [-0.2, 0) is 0 Å². The number of rotatable bonds is 2. The fourth-order valence-electron chi connectivity index (χ4n) is 1.93. The van der Waals surface area contributed by atoms with Crippen LogP contribution in [-0.4, -0.2) is 39.4 Å². The molecule has 0 aromatic heterocycles. The molecular formula is C12H14BrNO3. The Hall–Kier alpha value is -0.910. The van der Waals surface area contributed by atoms with Crippen LogP contribution in [0.3, 0.4) is 0 Å². The fraction of sp³-hybridized carbons (Fsp3) is 0.417. The molecule has 1 heterocycles. The number of amides is 1. The van der Waals surface area contributed by atoms with Crippen LogP contribution in [0, 0.1) is 0 Å². The molecule has 4 nitrogen and oxygen atoms in total. The number of aliphatic hydroxyl groups excluding tert-OH is 1. The molecule has 1 aromatic carbocycles. The topological polar surface area (TPSA) is 60.8 Å². The highest BCUT2D eigenvalue weighted by Gasteiger charge is 2.48. The summed E-state index contributed by atoms with van der Waals surface area (Å²) in [5.74, 6) is -0.167. The van der Waals surface area contributed by atoms with E-state index >= 15 is 0 Å². The van der Waals surface area contributed by atoms with Gasteiger partial charge in [-0.05, 0) is 37.6 Å². The summed E-state index contributed by atoms with van der Waals surface area (Å²) in [6.45, 7) is 2.24. The molecule has 0 spiro atoms. The van der Waals surface area contributed by atoms with E-state index in [2.05, 4.69) is 15.9 Å². The van der Waals surface area contributed by atoms with Gasteiger partial charge in [-0.15, -0.1) is 0 Å². The molecule has 2 N–H and O–H groups in total. The molecule has 1 fully saturated rings. The summed E-state index contributed by atoms with van der Waals surface area (Å²) >= 11 is 3.30. The van der Waals surface area contributed by atoms with Gasteiger partial charge < -0.3 is 15.1 Å². The number of benzene rings is 1. The van der Waals surface area contributed by atoms with Gasteiger partial charge in [-0.3, -0.25) is 4.79 Å². The molecule has 2 rings (SSSR count). The lowest BCUT2D eigenvalue weighted by molar-refractivity contribution is -0.171. The molecule has 1 atom stereocenters. The minimum absolute atomic E-state index is 0.167. The van der Waals surface area contributed by atoms with Gasteiger partial charge in [0.15, 0.2) is 6.29 Å². The van der Waals surface area contributed by atoms with E-state index in [1.807, 2.05) is 0 Å². The average Bonchev–Trinajstić information content (AvgIpc) is 2.27. The molecule has 17 heavy (non-hydrogen) atoms. The van der Waals surface area contributed by atoms with Crippen molar-refractivity contribution in [1.82, 2.24) is 4.90 Å². The number of halogens is 1. The number of hydrogen-bond donors (Lipinski definition) is 2. The first-order chi connectivity index (χ1) is 7.95. The molecule has 0 bridgehead atoms. The molecule has 1 saturated heterocycles. The van der Waals surface area contributed by atoms with E-state index in [4.69, 9.17) is 0 Å². The summed E-state index contributed by atoms with van der Waals surface area (Å²) in [6.07, 6.45) is -0.900. The van der Waals surface area contributed by atoms with Crippen LogP contribution in [0.1, 0.15) is 23.7 Å². The van der Waals surface area contributed by atoms with Gasteiger partial charge >= 0.3 is 0 Å². The van der Waals surface area contributed by atoms with Crippen LogP contribution in [0.5, 0.6) is 0 Å². The molecule has 92 valence electrons. The van der Waals surface area contributed by atoms with Crippen molar-refractivity contribution in [3.63, 3.8) is 0 Å². The quantitative estimate of drug-likeness (QED) is 0.811. The van der Waals surface area contributed by atoms with Crippen LogP contribution in [0.15, 0.2) is 28.7 Å². The number of hydrogen-bond acceptors (Lipinski definition) is 3. The van der Waals surface area contributed by atoms with E-state index in [1.54, 1.807) is 31.2 Å². The summed E-state index contributed by atoms with van der Waals surface area (Å²) < 4.78 is 0.905. The zero-order chi connectivity index (χ0) is 12.6. The monoisotopic (exact) mass is 299 g/mol. The smallest absolute Gasteiger partial charge is 0.254 e. The Balaban J connectivity index is 2.19. The Bertz CT molecular complexity index is 432. The van der Waals surface area contributed by atoms with Crippen LogP contribution < -0.4 is 0 Å². The minimum Gasteiger partial charge on any atom is -0.366 e. The maximum atomic E-state index is 12.1. The second kappa shape index (κ2) is 4.40. The zero-order valence-electron chi connectivity index (χ0n) is 9.43. The number of aliphatic hydroxyl groups is 2. The van der Waals surface area contributed by atoms with Gasteiger partial charge in [0.2, 0.25) is 0 Å². The van der Waals surface area contributed by atoms with Crippen molar-refractivity contribution in [3.8, 4) is 0 Å². The number of likely N-dealkylation sites (tertiary alicyclic amines) is 1. The van der Waals surface area contributed by atoms with Crippen molar-refractivity contribution in [1.29, 1.82) is 0 Å². The largest absolute Gasteiger partial charge is 0.366 e. The van der Waals surface area contributed by atoms with E-state index in [-0.39, 0.29) is 5.91 Å². The van der Waals surface area contributed by atoms with Gasteiger partial charge in [-0.1, -0.05) is 15.9 Å². The highest BCUT2D eigenvalue weighted by atomic mass is 79.9. The minimum atomic E-state index is -1.50. The highest BCUT2D eigenvalue weighted by molar-refractivity contribution is 9.10. The Morgan fingerprint density at radius 2 is 2.00 bits per heavy atom. The van der Waals surface area contributed by atoms with Gasteiger partial charge in [0.1, 0.15) is 0 Å². The summed E-state index contributed by atoms with van der Waals surface area (Å²) in [5.41, 5.74) is -0.302. The molecule has 1 aromatic rings.